The molecule has 0 radical (unpaired) electrons. The van der Waals surface area contributed by atoms with Crippen LogP contribution in [0, 0.1) is 5.92 Å². The molecule has 1 saturated heterocycles. The van der Waals surface area contributed by atoms with E-state index in [-0.39, 0.29) is 17.4 Å². The first-order valence-electron chi connectivity index (χ1n) is 6.62. The highest BCUT2D eigenvalue weighted by molar-refractivity contribution is 5.90. The number of methoxy groups -OCH3 is 1. The molecule has 0 aromatic heterocycles. The zero-order valence-electron chi connectivity index (χ0n) is 12.4. The standard InChI is InChI=1S/C13H25N3O3/c1-9(2)13(14,15-11(18)19-5)10(17)16-8-6-7-12(16,3)4/h9H,6-8,14H2,1-5H3,(H,15,18)/t13-/m0/s1. The lowest BCUT2D eigenvalue weighted by molar-refractivity contribution is -0.143. The van der Waals surface area contributed by atoms with Crippen molar-refractivity contribution in [3.8, 4) is 0 Å². The first kappa shape index (κ1) is 15.8. The highest BCUT2D eigenvalue weighted by atomic mass is 16.5. The zero-order valence-corrected chi connectivity index (χ0v) is 12.4. The van der Waals surface area contributed by atoms with E-state index >= 15 is 0 Å². The molecular weight excluding hydrogens is 246 g/mol. The maximum absolute atomic E-state index is 12.7. The topological polar surface area (TPSA) is 84.7 Å². The maximum Gasteiger partial charge on any atom is 0.408 e. The summed E-state index contributed by atoms with van der Waals surface area (Å²) in [6.45, 7) is 8.29. The summed E-state index contributed by atoms with van der Waals surface area (Å²) >= 11 is 0. The summed E-state index contributed by atoms with van der Waals surface area (Å²) in [5.41, 5.74) is 4.50. The van der Waals surface area contributed by atoms with E-state index in [1.807, 2.05) is 13.8 Å². The van der Waals surface area contributed by atoms with E-state index in [0.29, 0.717) is 6.54 Å². The second-order valence-electron chi connectivity index (χ2n) is 6.01. The number of ether oxygens (including phenoxy) is 1. The van der Waals surface area contributed by atoms with E-state index in [2.05, 4.69) is 10.1 Å². The van der Waals surface area contributed by atoms with Crippen molar-refractivity contribution in [3.63, 3.8) is 0 Å². The summed E-state index contributed by atoms with van der Waals surface area (Å²) in [6, 6.07) is 0. The van der Waals surface area contributed by atoms with Gasteiger partial charge in [0, 0.05) is 12.1 Å². The van der Waals surface area contributed by atoms with Gasteiger partial charge in [-0.25, -0.2) is 4.79 Å². The lowest BCUT2D eigenvalue weighted by Crippen LogP contribution is -2.70. The Morgan fingerprint density at radius 2 is 2.00 bits per heavy atom. The van der Waals surface area contributed by atoms with Gasteiger partial charge in [0.1, 0.15) is 0 Å². The van der Waals surface area contributed by atoms with Gasteiger partial charge in [0.05, 0.1) is 7.11 Å². The first-order valence-corrected chi connectivity index (χ1v) is 6.62. The molecule has 0 spiro atoms. The average Bonchev–Trinajstić information content (AvgIpc) is 2.67. The van der Waals surface area contributed by atoms with Crippen molar-refractivity contribution < 1.29 is 14.3 Å². The van der Waals surface area contributed by atoms with Gasteiger partial charge >= 0.3 is 6.09 Å². The second kappa shape index (κ2) is 5.36. The van der Waals surface area contributed by atoms with Crippen LogP contribution >= 0.6 is 0 Å². The second-order valence-corrected chi connectivity index (χ2v) is 6.01. The molecule has 0 aliphatic carbocycles. The number of carbonyl (C=O) groups is 2. The molecule has 2 amide bonds. The predicted molar refractivity (Wildman–Crippen MR) is 72.3 cm³/mol. The Kier molecular flexibility index (Phi) is 4.45. The number of hydrogen-bond donors (Lipinski definition) is 2. The molecular formula is C13H25N3O3. The Bertz CT molecular complexity index is 368. The van der Waals surface area contributed by atoms with Gasteiger partial charge in [-0.05, 0) is 32.6 Å². The summed E-state index contributed by atoms with van der Waals surface area (Å²) in [7, 11) is 1.25. The van der Waals surface area contributed by atoms with Crippen LogP contribution in [-0.2, 0) is 9.53 Å². The lowest BCUT2D eigenvalue weighted by Gasteiger charge is -2.40. The van der Waals surface area contributed by atoms with E-state index in [1.54, 1.807) is 18.7 Å². The van der Waals surface area contributed by atoms with Crippen LogP contribution in [0.5, 0.6) is 0 Å². The van der Waals surface area contributed by atoms with E-state index in [9.17, 15) is 9.59 Å². The number of carbonyl (C=O) groups excluding carboxylic acids is 2. The SMILES string of the molecule is COC(=O)N[C@](N)(C(=O)N1CCCC1(C)C)C(C)C. The molecule has 1 aliphatic heterocycles. The van der Waals surface area contributed by atoms with E-state index < -0.39 is 11.8 Å². The highest BCUT2D eigenvalue weighted by Crippen LogP contribution is 2.31. The number of likely N-dealkylation sites (tertiary alicyclic amines) is 1. The monoisotopic (exact) mass is 271 g/mol. The predicted octanol–water partition coefficient (Wildman–Crippen LogP) is 1.05. The smallest absolute Gasteiger partial charge is 0.408 e. The molecule has 0 aromatic carbocycles. The minimum absolute atomic E-state index is 0.228. The third-order valence-corrected chi connectivity index (χ3v) is 3.91. The average molecular weight is 271 g/mol. The van der Waals surface area contributed by atoms with Crippen LogP contribution in [0.25, 0.3) is 0 Å². The fraction of sp³-hybridized carbons (Fsp3) is 0.846. The Morgan fingerprint density at radius 1 is 1.42 bits per heavy atom. The molecule has 3 N–H and O–H groups in total. The van der Waals surface area contributed by atoms with Gasteiger partial charge in [0.2, 0.25) is 0 Å². The maximum atomic E-state index is 12.7. The number of hydrogen-bond acceptors (Lipinski definition) is 4. The number of nitrogens with zero attached hydrogens (tertiary/aromatic N) is 1. The molecule has 19 heavy (non-hydrogen) atoms. The molecule has 6 heteroatoms. The van der Waals surface area contributed by atoms with Gasteiger partial charge in [0.15, 0.2) is 5.66 Å². The normalized spacial score (nSPS) is 21.1. The van der Waals surface area contributed by atoms with Crippen molar-refractivity contribution in [2.75, 3.05) is 13.7 Å². The van der Waals surface area contributed by atoms with Gasteiger partial charge in [-0.3, -0.25) is 10.1 Å². The van der Waals surface area contributed by atoms with Crippen molar-refractivity contribution in [2.24, 2.45) is 11.7 Å². The third kappa shape index (κ3) is 3.00. The molecule has 1 fully saturated rings. The van der Waals surface area contributed by atoms with Gasteiger partial charge in [-0.15, -0.1) is 0 Å². The zero-order chi connectivity index (χ0) is 14.8. The molecule has 6 nitrogen and oxygen atoms in total. The minimum atomic E-state index is -1.44. The number of alkyl carbamates (subject to hydrolysis) is 1. The number of amides is 2. The van der Waals surface area contributed by atoms with Crippen molar-refractivity contribution in [2.45, 2.75) is 51.7 Å². The molecule has 1 rings (SSSR count). The molecule has 0 saturated carbocycles. The summed E-state index contributed by atoms with van der Waals surface area (Å²) in [5.74, 6) is -0.495. The minimum Gasteiger partial charge on any atom is -0.453 e. The van der Waals surface area contributed by atoms with Gasteiger partial charge in [-0.2, -0.15) is 0 Å². The number of nitrogens with two attached hydrogens (primary N) is 1. The van der Waals surface area contributed by atoms with Gasteiger partial charge < -0.3 is 15.4 Å². The Balaban J connectivity index is 2.99. The molecule has 1 heterocycles. The quantitative estimate of drug-likeness (QED) is 0.752. The fourth-order valence-electron chi connectivity index (χ4n) is 2.37. The van der Waals surface area contributed by atoms with Crippen LogP contribution in [-0.4, -0.2) is 41.8 Å². The van der Waals surface area contributed by atoms with Crippen molar-refractivity contribution >= 4 is 12.0 Å². The van der Waals surface area contributed by atoms with Crippen LogP contribution in [0.4, 0.5) is 4.79 Å². The van der Waals surface area contributed by atoms with E-state index in [4.69, 9.17) is 5.73 Å². The lowest BCUT2D eigenvalue weighted by atomic mass is 9.93. The van der Waals surface area contributed by atoms with E-state index in [0.717, 1.165) is 12.8 Å². The van der Waals surface area contributed by atoms with Crippen molar-refractivity contribution in [1.82, 2.24) is 10.2 Å². The van der Waals surface area contributed by atoms with Crippen LogP contribution in [0.2, 0.25) is 0 Å². The summed E-state index contributed by atoms with van der Waals surface area (Å²) in [6.07, 6.45) is 1.19. The molecule has 1 aliphatic rings. The summed E-state index contributed by atoms with van der Waals surface area (Å²) in [4.78, 5) is 25.9. The summed E-state index contributed by atoms with van der Waals surface area (Å²) < 4.78 is 4.56. The van der Waals surface area contributed by atoms with Crippen LogP contribution in [0.3, 0.4) is 0 Å². The fourth-order valence-corrected chi connectivity index (χ4v) is 2.37. The molecule has 110 valence electrons. The number of rotatable bonds is 3. The Hall–Kier alpha value is -1.30. The molecule has 0 unspecified atom stereocenters. The Labute approximate surface area is 114 Å². The van der Waals surface area contributed by atoms with Crippen LogP contribution in [0.15, 0.2) is 0 Å². The van der Waals surface area contributed by atoms with Gasteiger partial charge in [0.25, 0.3) is 5.91 Å². The molecule has 0 bridgehead atoms. The first-order chi connectivity index (χ1) is 8.65. The Morgan fingerprint density at radius 3 is 2.37 bits per heavy atom. The van der Waals surface area contributed by atoms with Crippen LogP contribution in [0.1, 0.15) is 40.5 Å². The van der Waals surface area contributed by atoms with Crippen LogP contribution < -0.4 is 11.1 Å². The van der Waals surface area contributed by atoms with Gasteiger partial charge in [-0.1, -0.05) is 13.8 Å². The summed E-state index contributed by atoms with van der Waals surface area (Å²) in [5, 5.41) is 2.48. The molecule has 0 aromatic rings. The van der Waals surface area contributed by atoms with Crippen molar-refractivity contribution in [3.05, 3.63) is 0 Å². The van der Waals surface area contributed by atoms with E-state index in [1.165, 1.54) is 7.11 Å². The third-order valence-electron chi connectivity index (χ3n) is 3.91. The highest BCUT2D eigenvalue weighted by Gasteiger charge is 2.47. The number of nitrogens with one attached hydrogen (secondary N) is 1. The van der Waals surface area contributed by atoms with Crippen molar-refractivity contribution in [1.29, 1.82) is 0 Å². The molecule has 1 atom stereocenters. The largest absolute Gasteiger partial charge is 0.453 e.